The molecule has 1 aromatic rings. The largest absolute Gasteiger partial charge is 0.488 e. The Hall–Kier alpha value is -2.16. The van der Waals surface area contributed by atoms with E-state index in [1.165, 1.54) is 6.20 Å². The molecule has 8 heteroatoms. The number of fused-ring (bicyclic) bond motifs is 2. The van der Waals surface area contributed by atoms with Crippen LogP contribution in [0.4, 0.5) is 10.1 Å². The van der Waals surface area contributed by atoms with Gasteiger partial charge in [-0.2, -0.15) is 0 Å². The summed E-state index contributed by atoms with van der Waals surface area (Å²) in [5.74, 6) is -0.218. The molecule has 3 rings (SSSR count). The molecule has 26 heavy (non-hydrogen) atoms. The number of hydrogen-bond donors (Lipinski definition) is 2. The molecule has 1 atom stereocenters. The van der Waals surface area contributed by atoms with Crippen molar-refractivity contribution in [3.63, 3.8) is 0 Å². The second kappa shape index (κ2) is 7.61. The van der Waals surface area contributed by atoms with E-state index >= 15 is 0 Å². The van der Waals surface area contributed by atoms with E-state index in [1.54, 1.807) is 10.8 Å². The molecule has 2 bridgehead atoms. The van der Waals surface area contributed by atoms with Crippen LogP contribution in [0.1, 0.15) is 24.8 Å². The third kappa shape index (κ3) is 3.82. The Balaban J connectivity index is 2.23. The van der Waals surface area contributed by atoms with E-state index in [2.05, 4.69) is 4.90 Å². The van der Waals surface area contributed by atoms with Gasteiger partial charge in [-0.25, -0.2) is 4.39 Å². The van der Waals surface area contributed by atoms with Gasteiger partial charge >= 0.3 is 0 Å². The summed E-state index contributed by atoms with van der Waals surface area (Å²) in [6.45, 7) is 5.05. The van der Waals surface area contributed by atoms with Gasteiger partial charge in [-0.15, -0.1) is 0 Å². The van der Waals surface area contributed by atoms with Crippen LogP contribution in [0.3, 0.4) is 0 Å². The number of aliphatic hydroxyl groups is 2. The van der Waals surface area contributed by atoms with Gasteiger partial charge in [0.05, 0.1) is 11.6 Å². The molecule has 1 unspecified atom stereocenters. The lowest BCUT2D eigenvalue weighted by atomic mass is 10.2. The first-order chi connectivity index (χ1) is 12.4. The van der Waals surface area contributed by atoms with Crippen molar-refractivity contribution in [2.45, 2.75) is 19.3 Å². The molecule has 1 fully saturated rings. The molecule has 2 aliphatic rings. The van der Waals surface area contributed by atoms with Gasteiger partial charge in [-0.05, 0) is 26.1 Å². The van der Waals surface area contributed by atoms with E-state index < -0.39 is 17.5 Å². The van der Waals surface area contributed by atoms with E-state index in [0.29, 0.717) is 31.1 Å². The van der Waals surface area contributed by atoms with Crippen LogP contribution in [0.15, 0.2) is 29.3 Å². The molecule has 142 valence electrons. The number of halogens is 1. The number of piperazine rings is 1. The lowest BCUT2D eigenvalue weighted by Crippen LogP contribution is -2.45. The molecule has 0 spiro atoms. The molecule has 0 aliphatic carbocycles. The van der Waals surface area contributed by atoms with Crippen LogP contribution in [0, 0.1) is 5.82 Å². The topological polar surface area (TPSA) is 78.2 Å². The lowest BCUT2D eigenvalue weighted by Gasteiger charge is -2.35. The molecule has 1 saturated heterocycles. The van der Waals surface area contributed by atoms with Gasteiger partial charge in [0.25, 0.3) is 0 Å². The quantitative estimate of drug-likeness (QED) is 0.755. The Kier molecular flexibility index (Phi) is 5.45. The molecule has 3 heterocycles. The average molecular weight is 365 g/mol. The predicted molar refractivity (Wildman–Crippen MR) is 95.4 cm³/mol. The van der Waals surface area contributed by atoms with Crippen LogP contribution in [0.25, 0.3) is 0 Å². The standard InChI is InChI=1S/C18H24FN3O4/c1-12-11-26-16-10-22(12)9-13(18(24)25)15(23)4-3-14(19)17(16)21-7-5-20(2)6-8-21/h3-4,9-10,12,18,24-25H,5-8,11H2,1-2H3. The Morgan fingerprint density at radius 2 is 1.88 bits per heavy atom. The minimum atomic E-state index is -1.94. The highest BCUT2D eigenvalue weighted by atomic mass is 19.1. The minimum absolute atomic E-state index is 0.138. The van der Waals surface area contributed by atoms with Crippen molar-refractivity contribution in [2.24, 2.45) is 0 Å². The Morgan fingerprint density at radius 3 is 2.54 bits per heavy atom. The maximum absolute atomic E-state index is 15.0. The Labute approximate surface area is 151 Å². The van der Waals surface area contributed by atoms with Gasteiger partial charge in [0.1, 0.15) is 12.3 Å². The van der Waals surface area contributed by atoms with E-state index in [1.807, 2.05) is 18.9 Å². The summed E-state index contributed by atoms with van der Waals surface area (Å²) in [4.78, 5) is 16.3. The average Bonchev–Trinajstić information content (AvgIpc) is 2.60. The monoisotopic (exact) mass is 365 g/mol. The normalized spacial score (nSPS) is 19.9. The van der Waals surface area contributed by atoms with Crippen LogP contribution in [0.2, 0.25) is 0 Å². The second-order valence-corrected chi connectivity index (χ2v) is 6.74. The summed E-state index contributed by atoms with van der Waals surface area (Å²) in [6.07, 6.45) is 1.05. The third-order valence-corrected chi connectivity index (χ3v) is 4.77. The van der Waals surface area contributed by atoms with Crippen molar-refractivity contribution in [2.75, 3.05) is 44.7 Å². The molecule has 2 aliphatic heterocycles. The fraction of sp³-hybridized carbons (Fsp3) is 0.500. The molecule has 0 aromatic carbocycles. The molecule has 0 amide bonds. The zero-order valence-electron chi connectivity index (χ0n) is 14.9. The summed E-state index contributed by atoms with van der Waals surface area (Å²) in [5, 5.41) is 19.0. The number of hydrogen-bond acceptors (Lipinski definition) is 6. The number of anilines is 1. The van der Waals surface area contributed by atoms with Gasteiger partial charge < -0.3 is 29.3 Å². The summed E-state index contributed by atoms with van der Waals surface area (Å²) in [6, 6.07) is 1.94. The smallest absolute Gasteiger partial charge is 0.188 e. The van der Waals surface area contributed by atoms with Crippen molar-refractivity contribution in [1.29, 1.82) is 0 Å². The first-order valence-corrected chi connectivity index (χ1v) is 8.62. The van der Waals surface area contributed by atoms with Crippen LogP contribution in [-0.2, 0) is 0 Å². The maximum atomic E-state index is 15.0. The number of ether oxygens (including phenoxy) is 1. The first kappa shape index (κ1) is 18.6. The second-order valence-electron chi connectivity index (χ2n) is 6.74. The summed E-state index contributed by atoms with van der Waals surface area (Å²) in [5.41, 5.74) is -0.551. The van der Waals surface area contributed by atoms with E-state index in [4.69, 9.17) is 4.74 Å². The highest BCUT2D eigenvalue weighted by Gasteiger charge is 2.23. The zero-order valence-corrected chi connectivity index (χ0v) is 14.9. The maximum Gasteiger partial charge on any atom is 0.188 e. The molecular formula is C18H24FN3O4. The summed E-state index contributed by atoms with van der Waals surface area (Å²) >= 11 is 0. The van der Waals surface area contributed by atoms with Crippen LogP contribution < -0.4 is 15.1 Å². The van der Waals surface area contributed by atoms with Crippen molar-refractivity contribution in [3.05, 3.63) is 46.1 Å². The van der Waals surface area contributed by atoms with E-state index in [0.717, 1.165) is 25.2 Å². The van der Waals surface area contributed by atoms with Crippen molar-refractivity contribution in [3.8, 4) is 5.75 Å². The Bertz CT molecular complexity index is 787. The van der Waals surface area contributed by atoms with Gasteiger partial charge in [0.2, 0.25) is 0 Å². The number of aliphatic hydroxyl groups excluding tert-OH is 1. The summed E-state index contributed by atoms with van der Waals surface area (Å²) < 4.78 is 22.4. The molecular weight excluding hydrogens is 341 g/mol. The van der Waals surface area contributed by atoms with Crippen molar-refractivity contribution < 1.29 is 19.3 Å². The fourth-order valence-electron chi connectivity index (χ4n) is 3.09. The van der Waals surface area contributed by atoms with E-state index in [-0.39, 0.29) is 11.6 Å². The van der Waals surface area contributed by atoms with Gasteiger partial charge in [-0.1, -0.05) is 0 Å². The molecule has 0 saturated carbocycles. The third-order valence-electron chi connectivity index (χ3n) is 4.77. The zero-order chi connectivity index (χ0) is 18.8. The van der Waals surface area contributed by atoms with Gasteiger partial charge in [0, 0.05) is 38.6 Å². The first-order valence-electron chi connectivity index (χ1n) is 8.62. The van der Waals surface area contributed by atoms with Crippen molar-refractivity contribution >= 4 is 5.69 Å². The predicted octanol–water partition coefficient (Wildman–Crippen LogP) is 0.800. The molecule has 0 radical (unpaired) electrons. The van der Waals surface area contributed by atoms with Gasteiger partial charge in [0.15, 0.2) is 23.3 Å². The molecule has 7 nitrogen and oxygen atoms in total. The number of rotatable bonds is 2. The lowest BCUT2D eigenvalue weighted by molar-refractivity contribution is -0.0437. The minimum Gasteiger partial charge on any atom is -0.488 e. The molecule has 1 aromatic heterocycles. The van der Waals surface area contributed by atoms with Crippen molar-refractivity contribution in [1.82, 2.24) is 9.47 Å². The Morgan fingerprint density at radius 1 is 1.19 bits per heavy atom. The fourth-order valence-corrected chi connectivity index (χ4v) is 3.09. The van der Waals surface area contributed by atoms with Crippen LogP contribution in [-0.4, -0.2) is 59.5 Å². The number of aromatic nitrogens is 1. The van der Waals surface area contributed by atoms with E-state index in [9.17, 15) is 19.4 Å². The molecule has 2 N–H and O–H groups in total. The van der Waals surface area contributed by atoms with Crippen LogP contribution >= 0.6 is 0 Å². The van der Waals surface area contributed by atoms with Crippen LogP contribution in [0.5, 0.6) is 5.75 Å². The SMILES string of the molecule is CC1COc2cn1cc(C(O)O)c(=O)ccc(F)c2N1CCN(C)CC1. The highest BCUT2D eigenvalue weighted by molar-refractivity contribution is 5.58. The highest BCUT2D eigenvalue weighted by Crippen LogP contribution is 2.33. The summed E-state index contributed by atoms with van der Waals surface area (Å²) in [7, 11) is 2.01. The number of nitrogens with zero attached hydrogens (tertiary/aromatic N) is 3. The number of likely N-dealkylation sites (N-methyl/N-ethyl adjacent to an activating group) is 1. The van der Waals surface area contributed by atoms with Gasteiger partial charge in [-0.3, -0.25) is 4.79 Å².